The second-order valence-electron chi connectivity index (χ2n) is 6.40. The topological polar surface area (TPSA) is 18.5 Å². The first-order valence-corrected chi connectivity index (χ1v) is 8.47. The van der Waals surface area contributed by atoms with E-state index in [1.54, 1.807) is 0 Å². The molecule has 0 aromatic carbocycles. The number of hydrogen-bond donors (Lipinski definition) is 1. The molecule has 0 radical (unpaired) electrons. The summed E-state index contributed by atoms with van der Waals surface area (Å²) in [5, 5.41) is 3.73. The third kappa shape index (κ3) is 4.73. The minimum Gasteiger partial charge on any atom is -0.313 e. The Hall–Kier alpha value is -0.120. The molecule has 2 atom stereocenters. The molecule has 1 heterocycles. The van der Waals surface area contributed by atoms with Crippen LogP contribution in [0.1, 0.15) is 51.9 Å². The molecule has 0 aromatic rings. The normalized spacial score (nSPS) is 29.8. The van der Waals surface area contributed by atoms with Crippen LogP contribution in [0.5, 0.6) is 0 Å². The monoisotopic (exact) mass is 267 g/mol. The lowest BCUT2D eigenvalue weighted by atomic mass is 10.0. The third-order valence-corrected chi connectivity index (χ3v) is 4.98. The Bertz CT molecular complexity index is 238. The van der Waals surface area contributed by atoms with Crippen LogP contribution in [0.3, 0.4) is 0 Å². The van der Waals surface area contributed by atoms with Gasteiger partial charge < -0.3 is 15.1 Å². The van der Waals surface area contributed by atoms with Crippen molar-refractivity contribution in [2.24, 2.45) is 0 Å². The summed E-state index contributed by atoms with van der Waals surface area (Å²) in [5.41, 5.74) is 0. The zero-order chi connectivity index (χ0) is 13.5. The van der Waals surface area contributed by atoms with E-state index in [2.05, 4.69) is 29.1 Å². The van der Waals surface area contributed by atoms with Gasteiger partial charge >= 0.3 is 0 Å². The lowest BCUT2D eigenvalue weighted by Crippen LogP contribution is -2.49. The SMILES string of the molecule is CCNC1CCCCCC1N(C)CCN1CCCC1. The van der Waals surface area contributed by atoms with Gasteiger partial charge in [-0.05, 0) is 52.4 Å². The zero-order valence-corrected chi connectivity index (χ0v) is 13.0. The molecule has 0 spiro atoms. The van der Waals surface area contributed by atoms with Gasteiger partial charge in [0, 0.05) is 25.2 Å². The van der Waals surface area contributed by atoms with Crippen LogP contribution in [0.15, 0.2) is 0 Å². The molecule has 1 N–H and O–H groups in total. The van der Waals surface area contributed by atoms with Crippen molar-refractivity contribution >= 4 is 0 Å². The summed E-state index contributed by atoms with van der Waals surface area (Å²) in [6.07, 6.45) is 9.83. The fourth-order valence-electron chi connectivity index (χ4n) is 3.79. The van der Waals surface area contributed by atoms with Crippen molar-refractivity contribution in [2.75, 3.05) is 39.8 Å². The lowest BCUT2D eigenvalue weighted by Gasteiger charge is -2.35. The largest absolute Gasteiger partial charge is 0.313 e. The fraction of sp³-hybridized carbons (Fsp3) is 1.00. The average Bonchev–Trinajstić information content (AvgIpc) is 2.82. The molecule has 0 amide bonds. The molecule has 0 aromatic heterocycles. The van der Waals surface area contributed by atoms with Crippen molar-refractivity contribution in [3.63, 3.8) is 0 Å². The molecule has 1 aliphatic heterocycles. The first-order valence-electron chi connectivity index (χ1n) is 8.47. The van der Waals surface area contributed by atoms with Crippen molar-refractivity contribution in [2.45, 2.75) is 64.0 Å². The zero-order valence-electron chi connectivity index (χ0n) is 13.0. The van der Waals surface area contributed by atoms with E-state index in [9.17, 15) is 0 Å². The maximum Gasteiger partial charge on any atom is 0.0246 e. The van der Waals surface area contributed by atoms with Gasteiger partial charge in [-0.15, -0.1) is 0 Å². The Morgan fingerprint density at radius 1 is 1.05 bits per heavy atom. The number of likely N-dealkylation sites (N-methyl/N-ethyl adjacent to an activating group) is 2. The molecule has 0 bridgehead atoms. The molecule has 112 valence electrons. The first kappa shape index (κ1) is 15.3. The first-order chi connectivity index (χ1) is 9.31. The van der Waals surface area contributed by atoms with Gasteiger partial charge in [0.2, 0.25) is 0 Å². The van der Waals surface area contributed by atoms with Crippen LogP contribution in [0.4, 0.5) is 0 Å². The fourth-order valence-corrected chi connectivity index (χ4v) is 3.79. The van der Waals surface area contributed by atoms with Crippen LogP contribution in [-0.2, 0) is 0 Å². The van der Waals surface area contributed by atoms with Gasteiger partial charge in [0.1, 0.15) is 0 Å². The Kier molecular flexibility index (Phi) is 6.62. The predicted octanol–water partition coefficient (Wildman–Crippen LogP) is 2.32. The van der Waals surface area contributed by atoms with E-state index in [0.717, 1.165) is 18.6 Å². The highest BCUT2D eigenvalue weighted by molar-refractivity contribution is 4.86. The molecule has 3 nitrogen and oxygen atoms in total. The highest BCUT2D eigenvalue weighted by Crippen LogP contribution is 2.22. The van der Waals surface area contributed by atoms with Crippen LogP contribution >= 0.6 is 0 Å². The van der Waals surface area contributed by atoms with E-state index in [-0.39, 0.29) is 0 Å². The maximum absolute atomic E-state index is 3.73. The minimum atomic E-state index is 0.719. The minimum absolute atomic E-state index is 0.719. The number of nitrogens with one attached hydrogen (secondary N) is 1. The van der Waals surface area contributed by atoms with Crippen molar-refractivity contribution in [1.29, 1.82) is 0 Å². The quantitative estimate of drug-likeness (QED) is 0.745. The molecule has 1 aliphatic carbocycles. The Balaban J connectivity index is 1.80. The maximum atomic E-state index is 3.73. The molecule has 1 saturated carbocycles. The van der Waals surface area contributed by atoms with Gasteiger partial charge in [0.25, 0.3) is 0 Å². The van der Waals surface area contributed by atoms with Gasteiger partial charge in [-0.1, -0.05) is 26.2 Å². The van der Waals surface area contributed by atoms with Crippen molar-refractivity contribution in [1.82, 2.24) is 15.1 Å². The van der Waals surface area contributed by atoms with Gasteiger partial charge in [-0.3, -0.25) is 0 Å². The van der Waals surface area contributed by atoms with Crippen molar-refractivity contribution in [3.05, 3.63) is 0 Å². The van der Waals surface area contributed by atoms with Crippen LogP contribution in [-0.4, -0.2) is 61.7 Å². The summed E-state index contributed by atoms with van der Waals surface area (Å²) >= 11 is 0. The molecule has 2 fully saturated rings. The van der Waals surface area contributed by atoms with E-state index in [0.29, 0.717) is 0 Å². The highest BCUT2D eigenvalue weighted by atomic mass is 15.2. The smallest absolute Gasteiger partial charge is 0.0246 e. The second-order valence-corrected chi connectivity index (χ2v) is 6.40. The average molecular weight is 267 g/mol. The Labute approximate surface area is 119 Å². The predicted molar refractivity (Wildman–Crippen MR) is 82.6 cm³/mol. The summed E-state index contributed by atoms with van der Waals surface area (Å²) < 4.78 is 0. The summed E-state index contributed by atoms with van der Waals surface area (Å²) in [7, 11) is 2.34. The van der Waals surface area contributed by atoms with Crippen LogP contribution in [0, 0.1) is 0 Å². The number of rotatable bonds is 6. The van der Waals surface area contributed by atoms with Crippen LogP contribution in [0.25, 0.3) is 0 Å². The van der Waals surface area contributed by atoms with E-state index >= 15 is 0 Å². The lowest BCUT2D eigenvalue weighted by molar-refractivity contribution is 0.163. The van der Waals surface area contributed by atoms with E-state index < -0.39 is 0 Å². The van der Waals surface area contributed by atoms with Crippen molar-refractivity contribution < 1.29 is 0 Å². The second kappa shape index (κ2) is 8.23. The molecule has 3 heteroatoms. The highest BCUT2D eigenvalue weighted by Gasteiger charge is 2.26. The van der Waals surface area contributed by atoms with Gasteiger partial charge in [-0.25, -0.2) is 0 Å². The third-order valence-electron chi connectivity index (χ3n) is 4.98. The molecule has 1 saturated heterocycles. The Morgan fingerprint density at radius 3 is 2.53 bits per heavy atom. The van der Waals surface area contributed by atoms with E-state index in [4.69, 9.17) is 0 Å². The van der Waals surface area contributed by atoms with Gasteiger partial charge in [-0.2, -0.15) is 0 Å². The Morgan fingerprint density at radius 2 is 1.79 bits per heavy atom. The molecular formula is C16H33N3. The number of nitrogens with zero attached hydrogens (tertiary/aromatic N) is 2. The van der Waals surface area contributed by atoms with Crippen LogP contribution in [0.2, 0.25) is 0 Å². The summed E-state index contributed by atoms with van der Waals surface area (Å²) in [6.45, 7) is 8.52. The summed E-state index contributed by atoms with van der Waals surface area (Å²) in [6, 6.07) is 1.47. The molecular weight excluding hydrogens is 234 g/mol. The van der Waals surface area contributed by atoms with Gasteiger partial charge in [0.15, 0.2) is 0 Å². The molecule has 2 unspecified atom stereocenters. The van der Waals surface area contributed by atoms with Crippen LogP contribution < -0.4 is 5.32 Å². The summed E-state index contributed by atoms with van der Waals surface area (Å²) in [4.78, 5) is 5.27. The number of hydrogen-bond acceptors (Lipinski definition) is 3. The number of likely N-dealkylation sites (tertiary alicyclic amines) is 1. The van der Waals surface area contributed by atoms with Crippen molar-refractivity contribution in [3.8, 4) is 0 Å². The molecule has 2 rings (SSSR count). The standard InChI is InChI=1S/C16H33N3/c1-3-17-15-9-5-4-6-10-16(15)18(2)13-14-19-11-7-8-12-19/h15-17H,3-14H2,1-2H3. The van der Waals surface area contributed by atoms with Gasteiger partial charge in [0.05, 0.1) is 0 Å². The molecule has 19 heavy (non-hydrogen) atoms. The molecule has 2 aliphatic rings. The van der Waals surface area contributed by atoms with E-state index in [1.165, 1.54) is 71.1 Å². The summed E-state index contributed by atoms with van der Waals surface area (Å²) in [5.74, 6) is 0. The van der Waals surface area contributed by atoms with E-state index in [1.807, 2.05) is 0 Å².